The summed E-state index contributed by atoms with van der Waals surface area (Å²) in [7, 11) is 0. The lowest BCUT2D eigenvalue weighted by Gasteiger charge is -2.19. The third kappa shape index (κ3) is 1.20. The van der Waals surface area contributed by atoms with Gasteiger partial charge in [-0.2, -0.15) is 0 Å². The molecule has 0 fully saturated rings. The normalized spacial score (nSPS) is 14.5. The minimum absolute atomic E-state index is 0.117. The Labute approximate surface area is 74.3 Å². The van der Waals surface area contributed by atoms with Crippen molar-refractivity contribution < 1.29 is 9.13 Å². The van der Waals surface area contributed by atoms with E-state index in [0.717, 1.165) is 12.2 Å². The van der Waals surface area contributed by atoms with Gasteiger partial charge in [0.25, 0.3) is 0 Å². The Kier molecular flexibility index (Phi) is 1.81. The molecule has 0 radical (unpaired) electrons. The summed E-state index contributed by atoms with van der Waals surface area (Å²) in [5.74, 6) is 0.0854. The van der Waals surface area contributed by atoms with Crippen molar-refractivity contribution in [3.63, 3.8) is 0 Å². The molecule has 2 nitrogen and oxygen atoms in total. The van der Waals surface area contributed by atoms with Crippen LogP contribution in [-0.4, -0.2) is 13.2 Å². The average molecular weight is 188 g/mol. The molecule has 0 spiro atoms. The monoisotopic (exact) mass is 187 g/mol. The number of hydrogen-bond acceptors (Lipinski definition) is 2. The fourth-order valence-corrected chi connectivity index (χ4v) is 1.30. The van der Waals surface area contributed by atoms with E-state index >= 15 is 0 Å². The molecule has 1 aliphatic rings. The molecule has 2 rings (SSSR count). The Balaban J connectivity index is 2.49. The second-order valence-corrected chi connectivity index (χ2v) is 2.94. The molecule has 0 saturated carbocycles. The van der Waals surface area contributed by atoms with Crippen LogP contribution in [0.5, 0.6) is 5.75 Å². The number of anilines is 1. The molecular weight excluding hydrogens is 181 g/mol. The standard InChI is InChI=1S/C8H7ClFNO/c9-5-3-7-8(4-6(5)10)12-2-1-11-7/h3-4,11H,1-2H2. The van der Waals surface area contributed by atoms with Crippen LogP contribution in [0, 0.1) is 5.82 Å². The van der Waals surface area contributed by atoms with Crippen LogP contribution >= 0.6 is 11.6 Å². The number of benzene rings is 1. The van der Waals surface area contributed by atoms with Gasteiger partial charge in [0.1, 0.15) is 18.2 Å². The summed E-state index contributed by atoms with van der Waals surface area (Å²) in [5, 5.41) is 3.17. The summed E-state index contributed by atoms with van der Waals surface area (Å²) in [6.45, 7) is 1.29. The zero-order valence-electron chi connectivity index (χ0n) is 6.23. The number of rotatable bonds is 0. The van der Waals surface area contributed by atoms with E-state index in [9.17, 15) is 4.39 Å². The van der Waals surface area contributed by atoms with Crippen LogP contribution in [-0.2, 0) is 0 Å². The van der Waals surface area contributed by atoms with Crippen LogP contribution in [0.25, 0.3) is 0 Å². The van der Waals surface area contributed by atoms with E-state index < -0.39 is 5.82 Å². The number of hydrogen-bond donors (Lipinski definition) is 1. The van der Waals surface area contributed by atoms with Gasteiger partial charge in [-0.05, 0) is 6.07 Å². The highest BCUT2D eigenvalue weighted by Gasteiger charge is 2.12. The molecule has 0 bridgehead atoms. The van der Waals surface area contributed by atoms with Gasteiger partial charge < -0.3 is 10.1 Å². The van der Waals surface area contributed by atoms with Gasteiger partial charge >= 0.3 is 0 Å². The third-order valence-electron chi connectivity index (χ3n) is 1.70. The van der Waals surface area contributed by atoms with Crippen LogP contribution < -0.4 is 10.1 Å². The van der Waals surface area contributed by atoms with Crippen LogP contribution in [0.1, 0.15) is 0 Å². The van der Waals surface area contributed by atoms with Gasteiger partial charge in [0.05, 0.1) is 10.7 Å². The summed E-state index contributed by atoms with van der Waals surface area (Å²) in [6, 6.07) is 2.83. The van der Waals surface area contributed by atoms with Crippen molar-refractivity contribution >= 4 is 17.3 Å². The minimum Gasteiger partial charge on any atom is -0.489 e. The van der Waals surface area contributed by atoms with Crippen LogP contribution in [0.15, 0.2) is 12.1 Å². The number of halogens is 2. The van der Waals surface area contributed by atoms with Crippen molar-refractivity contribution in [3.8, 4) is 5.75 Å². The zero-order valence-corrected chi connectivity index (χ0v) is 6.99. The topological polar surface area (TPSA) is 21.3 Å². The molecule has 1 aliphatic heterocycles. The quantitative estimate of drug-likeness (QED) is 0.673. The van der Waals surface area contributed by atoms with Crippen LogP contribution in [0.2, 0.25) is 5.02 Å². The zero-order chi connectivity index (χ0) is 8.55. The fraction of sp³-hybridized carbons (Fsp3) is 0.250. The second kappa shape index (κ2) is 2.83. The van der Waals surface area contributed by atoms with Crippen molar-refractivity contribution in [2.24, 2.45) is 0 Å². The summed E-state index contributed by atoms with van der Waals surface area (Å²) in [6.07, 6.45) is 0. The highest BCUT2D eigenvalue weighted by atomic mass is 35.5. The fourth-order valence-electron chi connectivity index (χ4n) is 1.13. The number of nitrogens with one attached hydrogen (secondary N) is 1. The van der Waals surface area contributed by atoms with E-state index in [1.807, 2.05) is 0 Å². The smallest absolute Gasteiger partial charge is 0.145 e. The first-order valence-corrected chi connectivity index (χ1v) is 4.01. The molecule has 0 aromatic heterocycles. The minimum atomic E-state index is -0.445. The largest absolute Gasteiger partial charge is 0.489 e. The number of fused-ring (bicyclic) bond motifs is 1. The van der Waals surface area contributed by atoms with Crippen molar-refractivity contribution in [2.75, 3.05) is 18.5 Å². The molecule has 1 aromatic rings. The van der Waals surface area contributed by atoms with Crippen LogP contribution in [0.3, 0.4) is 0 Å². The lowest BCUT2D eigenvalue weighted by Crippen LogP contribution is -2.18. The van der Waals surface area contributed by atoms with E-state index in [0.29, 0.717) is 12.4 Å². The van der Waals surface area contributed by atoms with E-state index in [1.165, 1.54) is 12.1 Å². The van der Waals surface area contributed by atoms with Crippen molar-refractivity contribution in [2.45, 2.75) is 0 Å². The first-order valence-electron chi connectivity index (χ1n) is 3.63. The van der Waals surface area contributed by atoms with Crippen LogP contribution in [0.4, 0.5) is 10.1 Å². The maximum Gasteiger partial charge on any atom is 0.145 e. The maximum absolute atomic E-state index is 12.9. The van der Waals surface area contributed by atoms with Crippen molar-refractivity contribution in [3.05, 3.63) is 23.0 Å². The molecule has 64 valence electrons. The first-order chi connectivity index (χ1) is 5.77. The Bertz CT molecular complexity index is 285. The maximum atomic E-state index is 12.9. The number of ether oxygens (including phenoxy) is 1. The van der Waals surface area contributed by atoms with Gasteiger partial charge in [0.15, 0.2) is 0 Å². The third-order valence-corrected chi connectivity index (χ3v) is 1.99. The lowest BCUT2D eigenvalue weighted by atomic mass is 10.2. The molecule has 1 aromatic carbocycles. The predicted octanol–water partition coefficient (Wildman–Crippen LogP) is 2.28. The van der Waals surface area contributed by atoms with Gasteiger partial charge in [-0.1, -0.05) is 11.6 Å². The molecule has 12 heavy (non-hydrogen) atoms. The Hall–Kier alpha value is -0.960. The van der Waals surface area contributed by atoms with Gasteiger partial charge in [0.2, 0.25) is 0 Å². The van der Waals surface area contributed by atoms with Crippen molar-refractivity contribution in [1.29, 1.82) is 0 Å². The Morgan fingerprint density at radius 2 is 2.33 bits per heavy atom. The molecule has 1 heterocycles. The molecule has 0 amide bonds. The summed E-state index contributed by atoms with van der Waals surface area (Å²) >= 11 is 5.58. The summed E-state index contributed by atoms with van der Waals surface area (Å²) in [5.41, 5.74) is 0.757. The molecule has 0 saturated heterocycles. The van der Waals surface area contributed by atoms with E-state index in [4.69, 9.17) is 16.3 Å². The summed E-state index contributed by atoms with van der Waals surface area (Å²) in [4.78, 5) is 0. The van der Waals surface area contributed by atoms with E-state index in [2.05, 4.69) is 5.32 Å². The average Bonchev–Trinajstić information content (AvgIpc) is 2.07. The molecule has 0 unspecified atom stereocenters. The Morgan fingerprint density at radius 3 is 3.17 bits per heavy atom. The Morgan fingerprint density at radius 1 is 1.50 bits per heavy atom. The highest BCUT2D eigenvalue weighted by molar-refractivity contribution is 6.31. The molecular formula is C8H7ClFNO. The summed E-state index contributed by atoms with van der Waals surface area (Å²) < 4.78 is 18.1. The highest BCUT2D eigenvalue weighted by Crippen LogP contribution is 2.31. The molecule has 0 aliphatic carbocycles. The lowest BCUT2D eigenvalue weighted by molar-refractivity contribution is 0.321. The van der Waals surface area contributed by atoms with Gasteiger partial charge in [0, 0.05) is 12.6 Å². The van der Waals surface area contributed by atoms with Gasteiger partial charge in [-0.25, -0.2) is 4.39 Å². The molecule has 4 heteroatoms. The van der Waals surface area contributed by atoms with E-state index in [1.54, 1.807) is 0 Å². The van der Waals surface area contributed by atoms with E-state index in [-0.39, 0.29) is 5.02 Å². The molecule has 1 N–H and O–H groups in total. The van der Waals surface area contributed by atoms with Gasteiger partial charge in [-0.3, -0.25) is 0 Å². The first kappa shape index (κ1) is 7.68. The molecule has 0 atom stereocenters. The second-order valence-electron chi connectivity index (χ2n) is 2.54. The SMILES string of the molecule is Fc1cc2c(cc1Cl)NCCO2. The predicted molar refractivity (Wildman–Crippen MR) is 45.4 cm³/mol. The van der Waals surface area contributed by atoms with Gasteiger partial charge in [-0.15, -0.1) is 0 Å². The van der Waals surface area contributed by atoms with Crippen molar-refractivity contribution in [1.82, 2.24) is 0 Å².